The van der Waals surface area contributed by atoms with Gasteiger partial charge in [-0.3, -0.25) is 0 Å². The monoisotopic (exact) mass is 950 g/mol. The molecule has 3 heterocycles. The highest BCUT2D eigenvalue weighted by molar-refractivity contribution is 14.1. The van der Waals surface area contributed by atoms with Crippen LogP contribution < -0.4 is 48.0 Å². The molecule has 2 aliphatic rings. The van der Waals surface area contributed by atoms with Crippen molar-refractivity contribution in [2.45, 2.75) is 40.5 Å². The van der Waals surface area contributed by atoms with Crippen molar-refractivity contribution in [1.82, 2.24) is 4.48 Å². The van der Waals surface area contributed by atoms with E-state index < -0.39 is 6.82 Å². The summed E-state index contributed by atoms with van der Waals surface area (Å²) in [5.74, 6) is 0. The van der Waals surface area contributed by atoms with Crippen LogP contribution in [-0.4, -0.2) is 99.1 Å². The predicted octanol–water partition coefficient (Wildman–Crippen LogP) is -1.22. The van der Waals surface area contributed by atoms with E-state index in [1.165, 1.54) is 41.1 Å². The van der Waals surface area contributed by atoms with Gasteiger partial charge in [0.1, 0.15) is 5.71 Å². The Morgan fingerprint density at radius 1 is 0.861 bits per heavy atom. The summed E-state index contributed by atoms with van der Waals surface area (Å²) in [4.78, 5) is 0. The summed E-state index contributed by atoms with van der Waals surface area (Å²) in [6, 6.07) is 0. The van der Waals surface area contributed by atoms with Crippen LogP contribution in [0.5, 0.6) is 0 Å². The fraction of sp³-hybridized carbons (Fsp3) is 0.640. The van der Waals surface area contributed by atoms with Crippen molar-refractivity contribution >= 4 is 63.8 Å². The van der Waals surface area contributed by atoms with E-state index in [2.05, 4.69) is 130 Å². The molecule has 0 fully saturated rings. The van der Waals surface area contributed by atoms with Gasteiger partial charge < -0.3 is 75.2 Å². The third kappa shape index (κ3) is 7.30. The van der Waals surface area contributed by atoms with Gasteiger partial charge in [0.15, 0.2) is 5.70 Å². The minimum Gasteiger partial charge on any atom is -1.00 e. The van der Waals surface area contributed by atoms with Gasteiger partial charge in [0.25, 0.3) is 0 Å². The highest BCUT2D eigenvalue weighted by atomic mass is 127. The lowest BCUT2D eigenvalue weighted by atomic mass is 9.81. The molecule has 11 heteroatoms. The molecule has 0 unspecified atom stereocenters. The Morgan fingerprint density at radius 3 is 1.78 bits per heavy atom. The maximum Gasteiger partial charge on any atom is 0.666 e. The molecule has 0 saturated carbocycles. The second-order valence-corrected chi connectivity index (χ2v) is 14.0. The Hall–Kier alpha value is 1.25. The fourth-order valence-electron chi connectivity index (χ4n) is 5.04. The molecule has 1 aromatic rings. The molecule has 0 spiro atoms. The summed E-state index contributed by atoms with van der Waals surface area (Å²) in [5.41, 5.74) is 7.46. The van der Waals surface area contributed by atoms with Crippen LogP contribution in [0.25, 0.3) is 6.08 Å². The van der Waals surface area contributed by atoms with E-state index in [1.54, 1.807) is 0 Å². The van der Waals surface area contributed by atoms with Crippen molar-refractivity contribution in [3.05, 3.63) is 35.4 Å². The lowest BCUT2D eigenvalue weighted by molar-refractivity contribution is -0.870. The first-order chi connectivity index (χ1) is 15.6. The summed E-state index contributed by atoms with van der Waals surface area (Å²) >= 11 is 4.96. The van der Waals surface area contributed by atoms with Crippen molar-refractivity contribution in [2.24, 2.45) is 0 Å². The Labute approximate surface area is 280 Å². The van der Waals surface area contributed by atoms with Crippen molar-refractivity contribution < 1.29 is 70.7 Å². The molecule has 3 rings (SSSR count). The van der Waals surface area contributed by atoms with Crippen molar-refractivity contribution in [3.63, 3.8) is 0 Å². The largest absolute Gasteiger partial charge is 1.00 e. The van der Waals surface area contributed by atoms with Crippen LogP contribution in [0.2, 0.25) is 0 Å². The summed E-state index contributed by atoms with van der Waals surface area (Å²) in [7, 11) is 13.4. The first kappa shape index (κ1) is 35.3. The molecular weight excluding hydrogens is 907 g/mol. The van der Waals surface area contributed by atoms with Crippen LogP contribution in [0.15, 0.2) is 14.8 Å². The molecule has 0 bridgehead atoms. The number of nitrogens with zero attached hydrogens (tertiary/aromatic N) is 4. The van der Waals surface area contributed by atoms with Crippen LogP contribution in [-0.2, 0) is 9.31 Å². The van der Waals surface area contributed by atoms with Gasteiger partial charge in [0, 0.05) is 53.9 Å². The van der Waals surface area contributed by atoms with E-state index in [9.17, 15) is 0 Å². The minimum atomic E-state index is -1.93. The zero-order chi connectivity index (χ0) is 25.6. The van der Waals surface area contributed by atoms with Crippen LogP contribution in [0.3, 0.4) is 0 Å². The maximum atomic E-state index is 6.97. The number of fused-ring (bicyclic) bond motifs is 2. The Balaban J connectivity index is 0.00000324. The molecule has 0 atom stereocenters. The molecule has 0 radical (unpaired) electrons. The number of hydrogen-bond donors (Lipinski definition) is 0. The van der Waals surface area contributed by atoms with Gasteiger partial charge in [-0.05, 0) is 77.2 Å². The maximum absolute atomic E-state index is 6.97. The average molecular weight is 950 g/mol. The molecule has 2 aliphatic heterocycles. The molecule has 0 N–H and O–H groups in total. The van der Waals surface area contributed by atoms with Gasteiger partial charge in [0.05, 0.1) is 59.0 Å². The third-order valence-corrected chi connectivity index (χ3v) is 10.0. The molecule has 0 saturated heterocycles. The van der Waals surface area contributed by atoms with Crippen molar-refractivity contribution in [2.75, 3.05) is 68.6 Å². The number of rotatable bonds is 10. The second kappa shape index (κ2) is 13.3. The SMILES string of the molecule is CC1=C(I)C(C)=[N+]2C1=Cc1c(C)c(I)c(C)n1[B-]2(OCCC[N+](C)(C)C)OCCC[N+](C)(C)C.[I-].[I-]. The van der Waals surface area contributed by atoms with E-state index in [0.29, 0.717) is 13.2 Å². The quantitative estimate of drug-likeness (QED) is 0.128. The summed E-state index contributed by atoms with van der Waals surface area (Å²) < 4.78 is 23.1. The summed E-state index contributed by atoms with van der Waals surface area (Å²) in [5, 5.41) is 0. The minimum absolute atomic E-state index is 0. The Kier molecular flexibility index (Phi) is 13.0. The topological polar surface area (TPSA) is 26.4 Å². The van der Waals surface area contributed by atoms with Crippen LogP contribution in [0, 0.1) is 17.4 Å². The molecule has 1 aromatic heterocycles. The van der Waals surface area contributed by atoms with Crippen molar-refractivity contribution in [1.29, 1.82) is 0 Å². The number of allylic oxidation sites excluding steroid dienone is 2. The molecule has 6 nitrogen and oxygen atoms in total. The number of hydrogen-bond acceptors (Lipinski definition) is 2. The highest BCUT2D eigenvalue weighted by Gasteiger charge is 2.56. The van der Waals surface area contributed by atoms with Gasteiger partial charge in [-0.25, -0.2) is 0 Å². The average Bonchev–Trinajstić information content (AvgIpc) is 3.08. The van der Waals surface area contributed by atoms with Gasteiger partial charge in [-0.15, -0.1) is 0 Å². The van der Waals surface area contributed by atoms with E-state index in [4.69, 9.17) is 9.31 Å². The lowest BCUT2D eigenvalue weighted by Crippen LogP contribution is -3.00. The predicted molar refractivity (Wildman–Crippen MR) is 160 cm³/mol. The van der Waals surface area contributed by atoms with Crippen molar-refractivity contribution in [3.8, 4) is 0 Å². The van der Waals surface area contributed by atoms with E-state index in [0.717, 1.165) is 34.9 Å². The first-order valence-corrected chi connectivity index (χ1v) is 14.4. The number of quaternary nitrogens is 2. The molecule has 0 aromatic carbocycles. The summed E-state index contributed by atoms with van der Waals surface area (Å²) in [6.45, 7) is 10.3. The van der Waals surface area contributed by atoms with E-state index in [1.807, 2.05) is 0 Å². The Morgan fingerprint density at radius 2 is 1.33 bits per heavy atom. The molecule has 36 heavy (non-hydrogen) atoms. The van der Waals surface area contributed by atoms with Crippen LogP contribution in [0.4, 0.5) is 0 Å². The molecular formula is C25H43BI4N4O2. The molecule has 0 amide bonds. The standard InChI is InChI=1S/C25H43BI2N4O2.2HI/c1-18-22-17-23-19(2)25(28)21(4)30(23)26(29(22)20(3)24(18)27,33-15-11-13-31(5,6)7)34-16-12-14-32(8,9)10;;/h17H,11-16H2,1-10H3;2*1H/q+2;;/p-2. The van der Waals surface area contributed by atoms with Gasteiger partial charge in [-0.1, -0.05) is 0 Å². The fourth-order valence-corrected chi connectivity index (χ4v) is 6.11. The third-order valence-electron chi connectivity index (χ3n) is 6.85. The summed E-state index contributed by atoms with van der Waals surface area (Å²) in [6.07, 6.45) is 4.30. The smallest absolute Gasteiger partial charge is 0.666 e. The lowest BCUT2D eigenvalue weighted by Gasteiger charge is -2.42. The van der Waals surface area contributed by atoms with Gasteiger partial charge >= 0.3 is 6.82 Å². The number of aromatic nitrogens is 1. The van der Waals surface area contributed by atoms with Crippen LogP contribution >= 0.6 is 45.2 Å². The second-order valence-electron chi connectivity index (χ2n) is 11.8. The molecule has 0 aliphatic carbocycles. The molecule has 206 valence electrons. The number of halogens is 4. The van der Waals surface area contributed by atoms with E-state index in [-0.39, 0.29) is 48.0 Å². The Bertz CT molecular complexity index is 1040. The first-order valence-electron chi connectivity index (χ1n) is 12.2. The normalized spacial score (nSPS) is 16.9. The van der Waals surface area contributed by atoms with Gasteiger partial charge in [0.2, 0.25) is 0 Å². The zero-order valence-electron chi connectivity index (χ0n) is 23.5. The highest BCUT2D eigenvalue weighted by Crippen LogP contribution is 2.41. The van der Waals surface area contributed by atoms with Crippen LogP contribution in [0.1, 0.15) is 43.6 Å². The zero-order valence-corrected chi connectivity index (χ0v) is 32.1. The van der Waals surface area contributed by atoms with Gasteiger partial charge in [-0.2, -0.15) is 0 Å². The van der Waals surface area contributed by atoms with E-state index >= 15 is 0 Å².